The first-order valence-electron chi connectivity index (χ1n) is 9.76. The average Bonchev–Trinajstić information content (AvgIpc) is 3.33. The predicted octanol–water partition coefficient (Wildman–Crippen LogP) is 2.91. The van der Waals surface area contributed by atoms with Crippen molar-refractivity contribution in [3.05, 3.63) is 27.8 Å². The monoisotopic (exact) mass is 375 g/mol. The molecule has 0 radical (unpaired) electrons. The molecule has 146 valence electrons. The third-order valence-electron chi connectivity index (χ3n) is 5.72. The van der Waals surface area contributed by atoms with Crippen molar-refractivity contribution in [2.75, 3.05) is 19.9 Å². The molecule has 1 unspecified atom stereocenters. The van der Waals surface area contributed by atoms with E-state index >= 15 is 0 Å². The van der Waals surface area contributed by atoms with Crippen LogP contribution in [0.25, 0.3) is 0 Å². The standard InChI is InChI=1S/C19H25N3O5/c23-19(20-13-6-2-3-7-13)18(21-8-4-1-5-9-21)14-10-16-17(27-12-26-16)11-15(14)22(24)25/h10-11,13,18H,1-9,12H2,(H,20,23). The Balaban J connectivity index is 1.71. The summed E-state index contributed by atoms with van der Waals surface area (Å²) in [6.07, 6.45) is 7.28. The zero-order chi connectivity index (χ0) is 18.8. The molecule has 27 heavy (non-hydrogen) atoms. The van der Waals surface area contributed by atoms with Crippen LogP contribution in [-0.4, -0.2) is 41.7 Å². The average molecular weight is 375 g/mol. The molecule has 1 amide bonds. The van der Waals surface area contributed by atoms with Crippen LogP contribution in [0.2, 0.25) is 0 Å². The fraction of sp³-hybridized carbons (Fsp3) is 0.632. The summed E-state index contributed by atoms with van der Waals surface area (Å²) in [5.74, 6) is 0.677. The molecule has 1 aromatic rings. The van der Waals surface area contributed by atoms with Crippen LogP contribution in [0.15, 0.2) is 12.1 Å². The Labute approximate surface area is 158 Å². The molecule has 2 fully saturated rings. The van der Waals surface area contributed by atoms with Crippen LogP contribution in [0.4, 0.5) is 5.69 Å². The fourth-order valence-corrected chi connectivity index (χ4v) is 4.35. The van der Waals surface area contributed by atoms with Gasteiger partial charge in [-0.15, -0.1) is 0 Å². The van der Waals surface area contributed by atoms with Gasteiger partial charge in [-0.05, 0) is 44.8 Å². The highest BCUT2D eigenvalue weighted by Gasteiger charge is 2.37. The molecule has 1 atom stereocenters. The first kappa shape index (κ1) is 18.0. The smallest absolute Gasteiger partial charge is 0.278 e. The molecule has 1 aliphatic carbocycles. The molecule has 2 aliphatic heterocycles. The zero-order valence-corrected chi connectivity index (χ0v) is 15.3. The maximum Gasteiger partial charge on any atom is 0.278 e. The molecule has 4 rings (SSSR count). The van der Waals surface area contributed by atoms with Crippen molar-refractivity contribution in [3.63, 3.8) is 0 Å². The highest BCUT2D eigenvalue weighted by molar-refractivity contribution is 5.85. The van der Waals surface area contributed by atoms with E-state index in [9.17, 15) is 14.9 Å². The van der Waals surface area contributed by atoms with E-state index in [4.69, 9.17) is 9.47 Å². The molecule has 8 nitrogen and oxygen atoms in total. The maximum atomic E-state index is 13.2. The normalized spacial score (nSPS) is 21.2. The Morgan fingerprint density at radius 3 is 2.44 bits per heavy atom. The van der Waals surface area contributed by atoms with Crippen LogP contribution in [-0.2, 0) is 4.79 Å². The highest BCUT2D eigenvalue weighted by Crippen LogP contribution is 2.42. The molecule has 1 aromatic carbocycles. The minimum absolute atomic E-state index is 0.0403. The number of carbonyl (C=O) groups excluding carboxylic acids is 1. The van der Waals surface area contributed by atoms with E-state index in [-0.39, 0.29) is 24.4 Å². The number of benzene rings is 1. The Kier molecular flexibility index (Phi) is 5.15. The fourth-order valence-electron chi connectivity index (χ4n) is 4.35. The van der Waals surface area contributed by atoms with Crippen LogP contribution in [0.1, 0.15) is 56.6 Å². The molecule has 8 heteroatoms. The van der Waals surface area contributed by atoms with Gasteiger partial charge in [-0.2, -0.15) is 0 Å². The number of nitro groups is 1. The van der Waals surface area contributed by atoms with Crippen molar-refractivity contribution in [2.24, 2.45) is 0 Å². The lowest BCUT2D eigenvalue weighted by Crippen LogP contribution is -2.45. The zero-order valence-electron chi connectivity index (χ0n) is 15.3. The summed E-state index contributed by atoms with van der Waals surface area (Å²) in [6.45, 7) is 1.56. The number of rotatable bonds is 5. The van der Waals surface area contributed by atoms with Gasteiger partial charge in [-0.1, -0.05) is 19.3 Å². The number of fused-ring (bicyclic) bond motifs is 1. The second-order valence-corrected chi connectivity index (χ2v) is 7.51. The summed E-state index contributed by atoms with van der Waals surface area (Å²) in [6, 6.07) is 2.49. The van der Waals surface area contributed by atoms with Crippen LogP contribution in [0, 0.1) is 10.1 Å². The molecular formula is C19H25N3O5. The summed E-state index contributed by atoms with van der Waals surface area (Å²) in [4.78, 5) is 26.6. The number of likely N-dealkylation sites (tertiary alicyclic amines) is 1. The molecule has 3 aliphatic rings. The van der Waals surface area contributed by atoms with Gasteiger partial charge in [0, 0.05) is 6.04 Å². The Morgan fingerprint density at radius 2 is 1.78 bits per heavy atom. The van der Waals surface area contributed by atoms with Crippen molar-refractivity contribution in [1.82, 2.24) is 10.2 Å². The van der Waals surface area contributed by atoms with Gasteiger partial charge < -0.3 is 14.8 Å². The summed E-state index contributed by atoms with van der Waals surface area (Å²) in [5, 5.41) is 14.9. The number of nitrogens with one attached hydrogen (secondary N) is 1. The quantitative estimate of drug-likeness (QED) is 0.628. The summed E-state index contributed by atoms with van der Waals surface area (Å²) in [5.41, 5.74) is 0.304. The van der Waals surface area contributed by atoms with E-state index in [1.807, 2.05) is 0 Å². The second kappa shape index (κ2) is 7.72. The summed E-state index contributed by atoms with van der Waals surface area (Å²) in [7, 11) is 0. The van der Waals surface area contributed by atoms with E-state index < -0.39 is 11.0 Å². The Morgan fingerprint density at radius 1 is 1.11 bits per heavy atom. The van der Waals surface area contributed by atoms with Gasteiger partial charge in [0.15, 0.2) is 11.5 Å². The third-order valence-corrected chi connectivity index (χ3v) is 5.72. The van der Waals surface area contributed by atoms with Crippen LogP contribution in [0.5, 0.6) is 11.5 Å². The predicted molar refractivity (Wildman–Crippen MR) is 97.8 cm³/mol. The summed E-state index contributed by atoms with van der Waals surface area (Å²) >= 11 is 0. The number of piperidine rings is 1. The highest BCUT2D eigenvalue weighted by atomic mass is 16.7. The van der Waals surface area contributed by atoms with Gasteiger partial charge >= 0.3 is 0 Å². The number of carbonyl (C=O) groups is 1. The largest absolute Gasteiger partial charge is 0.454 e. The first-order valence-corrected chi connectivity index (χ1v) is 9.76. The number of ether oxygens (including phenoxy) is 2. The van der Waals surface area contributed by atoms with Gasteiger partial charge in [-0.3, -0.25) is 19.8 Å². The second-order valence-electron chi connectivity index (χ2n) is 7.51. The molecule has 1 saturated carbocycles. The number of nitro benzene ring substituents is 1. The van der Waals surface area contributed by atoms with Gasteiger partial charge in [-0.25, -0.2) is 0 Å². The number of hydrogen-bond donors (Lipinski definition) is 1. The number of hydrogen-bond acceptors (Lipinski definition) is 6. The van der Waals surface area contributed by atoms with E-state index in [1.165, 1.54) is 6.07 Å². The van der Waals surface area contributed by atoms with Crippen molar-refractivity contribution in [3.8, 4) is 11.5 Å². The van der Waals surface area contributed by atoms with E-state index in [2.05, 4.69) is 10.2 Å². The minimum atomic E-state index is -0.680. The van der Waals surface area contributed by atoms with Crippen molar-refractivity contribution in [1.29, 1.82) is 0 Å². The maximum absolute atomic E-state index is 13.2. The van der Waals surface area contributed by atoms with Gasteiger partial charge in [0.1, 0.15) is 6.04 Å². The summed E-state index contributed by atoms with van der Waals surface area (Å²) < 4.78 is 10.7. The molecule has 0 bridgehead atoms. The third kappa shape index (κ3) is 3.71. The van der Waals surface area contributed by atoms with Gasteiger partial charge in [0.05, 0.1) is 16.6 Å². The topological polar surface area (TPSA) is 93.9 Å². The molecule has 0 aromatic heterocycles. The first-order chi connectivity index (χ1) is 13.1. The lowest BCUT2D eigenvalue weighted by molar-refractivity contribution is -0.386. The lowest BCUT2D eigenvalue weighted by Gasteiger charge is -2.34. The van der Waals surface area contributed by atoms with Gasteiger partial charge in [0.2, 0.25) is 12.7 Å². The van der Waals surface area contributed by atoms with Gasteiger partial charge in [0.25, 0.3) is 5.69 Å². The van der Waals surface area contributed by atoms with E-state index in [0.29, 0.717) is 17.1 Å². The van der Waals surface area contributed by atoms with E-state index in [0.717, 1.165) is 58.0 Å². The van der Waals surface area contributed by atoms with Crippen LogP contribution >= 0.6 is 0 Å². The molecule has 2 heterocycles. The lowest BCUT2D eigenvalue weighted by atomic mass is 9.98. The van der Waals surface area contributed by atoms with Crippen molar-refractivity contribution < 1.29 is 19.2 Å². The molecule has 1 saturated heterocycles. The molecule has 0 spiro atoms. The minimum Gasteiger partial charge on any atom is -0.454 e. The Hall–Kier alpha value is -2.35. The van der Waals surface area contributed by atoms with Crippen LogP contribution < -0.4 is 14.8 Å². The molecular weight excluding hydrogens is 350 g/mol. The molecule has 1 N–H and O–H groups in total. The SMILES string of the molecule is O=C(NC1CCCC1)C(c1cc2c(cc1[N+](=O)[O-])OCO2)N1CCCCC1. The van der Waals surface area contributed by atoms with Crippen molar-refractivity contribution in [2.45, 2.75) is 57.0 Å². The van der Waals surface area contributed by atoms with E-state index in [1.54, 1.807) is 6.07 Å². The van der Waals surface area contributed by atoms with Crippen molar-refractivity contribution >= 4 is 11.6 Å². The Bertz CT molecular complexity index is 726. The number of amides is 1. The van der Waals surface area contributed by atoms with Crippen LogP contribution in [0.3, 0.4) is 0 Å². The number of nitrogens with zero attached hydrogens (tertiary/aromatic N) is 2.